The van der Waals surface area contributed by atoms with Gasteiger partial charge in [0.1, 0.15) is 11.4 Å². The summed E-state index contributed by atoms with van der Waals surface area (Å²) >= 11 is 0. The van der Waals surface area contributed by atoms with E-state index in [2.05, 4.69) is 28.3 Å². The van der Waals surface area contributed by atoms with Gasteiger partial charge in [0.2, 0.25) is 0 Å². The Hall–Kier alpha value is -1.68. The first kappa shape index (κ1) is 8.61. The molecule has 2 aromatic heterocycles. The van der Waals surface area contributed by atoms with Crippen LogP contribution in [0.15, 0.2) is 24.5 Å². The Kier molecular flexibility index (Phi) is 1.82. The summed E-state index contributed by atoms with van der Waals surface area (Å²) in [7, 11) is 4.03. The highest BCUT2D eigenvalue weighted by Crippen LogP contribution is 2.20. The van der Waals surface area contributed by atoms with E-state index < -0.39 is 0 Å². The number of fused-ring (bicyclic) bond motifs is 1. The van der Waals surface area contributed by atoms with Gasteiger partial charge in [0.15, 0.2) is 0 Å². The van der Waals surface area contributed by atoms with Gasteiger partial charge in [0.05, 0.1) is 18.4 Å². The van der Waals surface area contributed by atoms with E-state index in [0.717, 1.165) is 24.2 Å². The minimum Gasteiger partial charge on any atom is -0.433 e. The van der Waals surface area contributed by atoms with Gasteiger partial charge in [0.25, 0.3) is 0 Å². The number of H-pyrrole nitrogens is 1. The lowest BCUT2D eigenvalue weighted by Crippen LogP contribution is -3.00. The normalized spacial score (nSPS) is 19.1. The lowest BCUT2D eigenvalue weighted by molar-refractivity contribution is -0.775. The van der Waals surface area contributed by atoms with Crippen molar-refractivity contribution in [2.75, 3.05) is 6.54 Å². The summed E-state index contributed by atoms with van der Waals surface area (Å²) < 4.78 is 0. The van der Waals surface area contributed by atoms with E-state index in [4.69, 9.17) is 0 Å². The highest BCUT2D eigenvalue weighted by molar-refractivity contribution is 5.59. The smallest absolute Gasteiger partial charge is 0.127 e. The number of aromatic nitrogens is 3. The summed E-state index contributed by atoms with van der Waals surface area (Å²) in [6, 6.07) is 4.14. The maximum Gasteiger partial charge on any atom is 0.127 e. The van der Waals surface area contributed by atoms with Crippen molar-refractivity contribution in [1.29, 1.82) is 0 Å². The Morgan fingerprint density at radius 2 is 2.33 bits per heavy atom. The van der Waals surface area contributed by atoms with E-state index in [1.54, 1.807) is 6.20 Å². The molecule has 2 aromatic rings. The Morgan fingerprint density at radius 1 is 1.40 bits per heavy atom. The second-order valence-corrected chi connectivity index (χ2v) is 3.78. The van der Waals surface area contributed by atoms with Gasteiger partial charge >= 0.3 is 0 Å². The molecule has 4 heteroatoms. The fraction of sp³-hybridized carbons (Fsp3) is 0.182. The first-order valence-electron chi connectivity index (χ1n) is 5.02. The molecule has 0 bridgehead atoms. The predicted octanol–water partition coefficient (Wildman–Crippen LogP) is 0.336. The van der Waals surface area contributed by atoms with Crippen LogP contribution in [0.4, 0.5) is 5.69 Å². The van der Waals surface area contributed by atoms with Crippen LogP contribution >= 0.6 is 0 Å². The van der Waals surface area contributed by atoms with E-state index in [-0.39, 0.29) is 0 Å². The summed E-state index contributed by atoms with van der Waals surface area (Å²) in [5.74, 6) is 0. The van der Waals surface area contributed by atoms with Crippen molar-refractivity contribution >= 4 is 5.69 Å². The van der Waals surface area contributed by atoms with Crippen LogP contribution < -0.4 is 4.90 Å². The summed E-state index contributed by atoms with van der Waals surface area (Å²) in [6.45, 7) is 1.04. The van der Waals surface area contributed by atoms with E-state index in [0.29, 0.717) is 0 Å². The van der Waals surface area contributed by atoms with Crippen LogP contribution in [-0.4, -0.2) is 21.7 Å². The fourth-order valence-electron chi connectivity index (χ4n) is 1.97. The van der Waals surface area contributed by atoms with Crippen LogP contribution in [0.3, 0.4) is 0 Å². The second kappa shape index (κ2) is 3.17. The average molecular weight is 200 g/mol. The Morgan fingerprint density at radius 3 is 3.13 bits per heavy atom. The van der Waals surface area contributed by atoms with Gasteiger partial charge in [-0.25, -0.2) is 4.98 Å². The summed E-state index contributed by atoms with van der Waals surface area (Å²) in [5, 5.41) is 6.72. The molecule has 0 aromatic carbocycles. The molecule has 0 fully saturated rings. The van der Waals surface area contributed by atoms with Crippen LogP contribution in [0.25, 0.3) is 11.3 Å². The first-order chi connectivity index (χ1) is 7.34. The topological polar surface area (TPSA) is 46.0 Å². The molecule has 0 amide bonds. The highest BCUT2D eigenvalue weighted by atomic mass is 15.1. The minimum absolute atomic E-state index is 0.984. The summed E-state index contributed by atoms with van der Waals surface area (Å²) in [5.41, 5.74) is 4.41. The molecule has 2 N–H and O–H groups in total. The fourth-order valence-corrected chi connectivity index (χ4v) is 1.97. The Bertz CT molecular complexity index is 475. The van der Waals surface area contributed by atoms with Gasteiger partial charge in [0, 0.05) is 24.2 Å². The number of hydrogen-bond acceptors (Lipinski definition) is 2. The molecule has 1 unspecified atom stereocenters. The molecular weight excluding hydrogens is 188 g/mol. The summed E-state index contributed by atoms with van der Waals surface area (Å²) in [6.07, 6.45) is 4.66. The maximum atomic E-state index is 4.63. The van der Waals surface area contributed by atoms with Gasteiger partial charge in [-0.1, -0.05) is 0 Å². The van der Waals surface area contributed by atoms with Crippen molar-refractivity contribution in [1.82, 2.24) is 15.2 Å². The number of pyridine rings is 1. The zero-order valence-corrected chi connectivity index (χ0v) is 8.33. The quantitative estimate of drug-likeness (QED) is 0.652. The number of rotatable bonds is 1. The third-order valence-electron chi connectivity index (χ3n) is 2.81. The van der Waals surface area contributed by atoms with Crippen LogP contribution in [0.1, 0.15) is 5.69 Å². The van der Waals surface area contributed by atoms with Gasteiger partial charge in [-0.15, -0.1) is 7.05 Å². The molecular formula is C11H12N4. The largest absolute Gasteiger partial charge is 0.433 e. The molecule has 0 aliphatic carbocycles. The van der Waals surface area contributed by atoms with Crippen molar-refractivity contribution in [3.05, 3.63) is 37.3 Å². The SMILES string of the molecule is [CH2-][NH+]1CCc2nc(-c3cn[nH]c3)ccc21. The van der Waals surface area contributed by atoms with E-state index in [1.807, 2.05) is 12.3 Å². The van der Waals surface area contributed by atoms with Crippen molar-refractivity contribution in [2.45, 2.75) is 6.42 Å². The monoisotopic (exact) mass is 200 g/mol. The number of nitrogens with zero attached hydrogens (tertiary/aromatic N) is 2. The summed E-state index contributed by atoms with van der Waals surface area (Å²) in [4.78, 5) is 5.83. The molecule has 0 saturated carbocycles. The molecule has 4 nitrogen and oxygen atoms in total. The standard InChI is InChI=1S/C11H12N4/c1-15-5-4-10-11(15)3-2-9(14-10)8-6-12-13-7-8/h2-3,6-7,15H,1,4-5H2,(H,12,13). The Labute approximate surface area is 88.0 Å². The molecule has 0 saturated heterocycles. The van der Waals surface area contributed by atoms with Crippen LogP contribution in [0, 0.1) is 7.05 Å². The molecule has 1 aliphatic rings. The van der Waals surface area contributed by atoms with E-state index in [9.17, 15) is 0 Å². The molecule has 1 atom stereocenters. The van der Waals surface area contributed by atoms with Crippen LogP contribution in [0.2, 0.25) is 0 Å². The molecule has 3 rings (SSSR count). The van der Waals surface area contributed by atoms with Gasteiger partial charge in [-0.05, 0) is 6.07 Å². The zero-order valence-electron chi connectivity index (χ0n) is 8.33. The van der Waals surface area contributed by atoms with Crippen LogP contribution in [-0.2, 0) is 6.42 Å². The number of aromatic amines is 1. The minimum atomic E-state index is 0.984. The molecule has 76 valence electrons. The van der Waals surface area contributed by atoms with Crippen molar-refractivity contribution in [3.8, 4) is 11.3 Å². The van der Waals surface area contributed by atoms with Crippen molar-refractivity contribution in [2.24, 2.45) is 0 Å². The van der Waals surface area contributed by atoms with E-state index in [1.165, 1.54) is 16.3 Å². The average Bonchev–Trinajstić information content (AvgIpc) is 2.88. The molecule has 0 radical (unpaired) electrons. The van der Waals surface area contributed by atoms with Gasteiger partial charge in [-0.2, -0.15) is 5.10 Å². The first-order valence-corrected chi connectivity index (χ1v) is 5.02. The van der Waals surface area contributed by atoms with Crippen molar-refractivity contribution in [3.63, 3.8) is 0 Å². The van der Waals surface area contributed by atoms with E-state index >= 15 is 0 Å². The van der Waals surface area contributed by atoms with Crippen molar-refractivity contribution < 1.29 is 4.90 Å². The highest BCUT2D eigenvalue weighted by Gasteiger charge is 2.19. The third kappa shape index (κ3) is 1.34. The van der Waals surface area contributed by atoms with Gasteiger partial charge < -0.3 is 4.90 Å². The maximum absolute atomic E-state index is 4.63. The lowest BCUT2D eigenvalue weighted by Gasteiger charge is -2.12. The molecule has 1 aliphatic heterocycles. The molecule has 15 heavy (non-hydrogen) atoms. The van der Waals surface area contributed by atoms with Gasteiger partial charge in [-0.3, -0.25) is 5.10 Å². The number of nitrogens with one attached hydrogen (secondary N) is 2. The second-order valence-electron chi connectivity index (χ2n) is 3.78. The Balaban J connectivity index is 2.07. The lowest BCUT2D eigenvalue weighted by atomic mass is 10.2. The molecule has 0 spiro atoms. The predicted molar refractivity (Wildman–Crippen MR) is 56.4 cm³/mol. The molecule has 3 heterocycles. The van der Waals surface area contributed by atoms with Crippen LogP contribution in [0.5, 0.6) is 0 Å². The zero-order chi connectivity index (χ0) is 10.3. The number of hydrogen-bond donors (Lipinski definition) is 2. The third-order valence-corrected chi connectivity index (χ3v) is 2.81. The number of quaternary nitrogens is 1.